The van der Waals surface area contributed by atoms with Gasteiger partial charge in [0.15, 0.2) is 10.4 Å². The highest BCUT2D eigenvalue weighted by Gasteiger charge is 2.25. The molecule has 3 aromatic rings. The molecule has 1 unspecified atom stereocenters. The summed E-state index contributed by atoms with van der Waals surface area (Å²) < 4.78 is 3.91. The van der Waals surface area contributed by atoms with Gasteiger partial charge in [-0.2, -0.15) is 0 Å². The second kappa shape index (κ2) is 4.79. The van der Waals surface area contributed by atoms with E-state index in [9.17, 15) is 0 Å². The maximum Gasteiger partial charge on any atom is 0.179 e. The minimum absolute atomic E-state index is 0.319. The summed E-state index contributed by atoms with van der Waals surface area (Å²) in [6.45, 7) is 0. The lowest BCUT2D eigenvalue weighted by Gasteiger charge is -2.24. The average Bonchev–Trinajstić information content (AvgIpc) is 3.01. The van der Waals surface area contributed by atoms with Crippen molar-refractivity contribution in [2.45, 2.75) is 25.3 Å². The lowest BCUT2D eigenvalue weighted by Crippen LogP contribution is -2.16. The van der Waals surface area contributed by atoms with E-state index in [1.54, 1.807) is 0 Å². The number of hydrogen-bond acceptors (Lipinski definition) is 3. The summed E-state index contributed by atoms with van der Waals surface area (Å²) in [5.41, 5.74) is 3.36. The molecule has 0 amide bonds. The Morgan fingerprint density at radius 2 is 2.40 bits per heavy atom. The summed E-state index contributed by atoms with van der Waals surface area (Å²) in [5.74, 6) is 0. The van der Waals surface area contributed by atoms with E-state index in [0.717, 1.165) is 26.8 Å². The van der Waals surface area contributed by atoms with E-state index in [-0.39, 0.29) is 0 Å². The molecule has 3 aromatic heterocycles. The minimum atomic E-state index is 0.319. The predicted molar refractivity (Wildman–Crippen MR) is 88.0 cm³/mol. The lowest BCUT2D eigenvalue weighted by molar-refractivity contribution is 0.498. The van der Waals surface area contributed by atoms with Crippen molar-refractivity contribution in [3.63, 3.8) is 0 Å². The van der Waals surface area contributed by atoms with Gasteiger partial charge in [-0.15, -0.1) is 11.3 Å². The molecule has 102 valence electrons. The van der Waals surface area contributed by atoms with Gasteiger partial charge < -0.3 is 4.98 Å². The number of aromatic nitrogens is 3. The number of aryl methyl sites for hydroxylation is 1. The smallest absolute Gasteiger partial charge is 0.179 e. The van der Waals surface area contributed by atoms with Crippen LogP contribution in [0.1, 0.15) is 29.3 Å². The quantitative estimate of drug-likeness (QED) is 0.625. The number of aromatic amines is 1. The Bertz CT molecular complexity index is 846. The Morgan fingerprint density at radius 1 is 1.50 bits per heavy atom. The van der Waals surface area contributed by atoms with E-state index < -0.39 is 0 Å². The summed E-state index contributed by atoms with van der Waals surface area (Å²) in [7, 11) is 0. The normalized spacial score (nSPS) is 18.4. The van der Waals surface area contributed by atoms with Crippen molar-refractivity contribution < 1.29 is 0 Å². The van der Waals surface area contributed by atoms with E-state index >= 15 is 0 Å². The van der Waals surface area contributed by atoms with Gasteiger partial charge in [-0.05, 0) is 70.5 Å². The van der Waals surface area contributed by atoms with Crippen LogP contribution in [0.25, 0.3) is 11.2 Å². The third kappa shape index (κ3) is 1.89. The Balaban J connectivity index is 1.96. The molecule has 0 aliphatic heterocycles. The zero-order valence-electron chi connectivity index (χ0n) is 10.6. The second-order valence-corrected chi connectivity index (χ2v) is 7.34. The number of imidazole rings is 1. The van der Waals surface area contributed by atoms with Crippen LogP contribution in [0, 0.1) is 4.77 Å². The number of nitrogens with zero attached hydrogens (tertiary/aromatic N) is 2. The molecule has 0 bridgehead atoms. The molecule has 0 spiro atoms. The summed E-state index contributed by atoms with van der Waals surface area (Å²) in [4.78, 5) is 9.33. The summed E-state index contributed by atoms with van der Waals surface area (Å²) in [5, 5.41) is 2.19. The van der Waals surface area contributed by atoms with Crippen molar-refractivity contribution >= 4 is 50.6 Å². The van der Waals surface area contributed by atoms with Crippen LogP contribution in [0.3, 0.4) is 0 Å². The molecule has 1 atom stereocenters. The Kier molecular flexibility index (Phi) is 3.05. The number of fused-ring (bicyclic) bond motifs is 2. The van der Waals surface area contributed by atoms with Crippen LogP contribution in [0.4, 0.5) is 0 Å². The average molecular weight is 366 g/mol. The standard InChI is InChI=1S/C14H12BrN3S2/c15-8-6-10-13(16-7-8)18(14(19)17-10)11-2-1-3-12-9(11)4-5-20-12/h4-7,11H,1-3H2,(H,17,19). The first-order chi connectivity index (χ1) is 9.74. The van der Waals surface area contributed by atoms with Crippen molar-refractivity contribution in [1.82, 2.24) is 14.5 Å². The molecule has 1 aliphatic carbocycles. The van der Waals surface area contributed by atoms with Crippen LogP contribution in [-0.2, 0) is 6.42 Å². The van der Waals surface area contributed by atoms with E-state index in [0.29, 0.717) is 6.04 Å². The predicted octanol–water partition coefficient (Wildman–Crippen LogP) is 4.84. The molecule has 0 aromatic carbocycles. The van der Waals surface area contributed by atoms with E-state index in [4.69, 9.17) is 12.2 Å². The number of rotatable bonds is 1. The van der Waals surface area contributed by atoms with E-state index in [1.807, 2.05) is 23.6 Å². The molecule has 1 aliphatic rings. The molecule has 0 fully saturated rings. The van der Waals surface area contributed by atoms with Gasteiger partial charge in [0.2, 0.25) is 0 Å². The van der Waals surface area contributed by atoms with Crippen molar-refractivity contribution in [3.05, 3.63) is 43.4 Å². The van der Waals surface area contributed by atoms with Crippen molar-refractivity contribution in [1.29, 1.82) is 0 Å². The van der Waals surface area contributed by atoms with Crippen molar-refractivity contribution in [2.75, 3.05) is 0 Å². The zero-order chi connectivity index (χ0) is 13.7. The van der Waals surface area contributed by atoms with E-state index in [1.165, 1.54) is 23.3 Å². The summed E-state index contributed by atoms with van der Waals surface area (Å²) in [6.07, 6.45) is 5.36. The lowest BCUT2D eigenvalue weighted by atomic mass is 9.94. The molecular formula is C14H12BrN3S2. The van der Waals surface area contributed by atoms with Gasteiger partial charge in [0, 0.05) is 15.5 Å². The highest BCUT2D eigenvalue weighted by molar-refractivity contribution is 9.10. The topological polar surface area (TPSA) is 33.6 Å². The van der Waals surface area contributed by atoms with E-state index in [2.05, 4.69) is 41.9 Å². The third-order valence-corrected chi connectivity index (χ3v) is 5.58. The molecule has 3 nitrogen and oxygen atoms in total. The van der Waals surface area contributed by atoms with Gasteiger partial charge in [-0.1, -0.05) is 0 Å². The Hall–Kier alpha value is -0.980. The highest BCUT2D eigenvalue weighted by Crippen LogP contribution is 2.37. The van der Waals surface area contributed by atoms with Crippen molar-refractivity contribution in [2.24, 2.45) is 0 Å². The van der Waals surface area contributed by atoms with Crippen LogP contribution < -0.4 is 0 Å². The van der Waals surface area contributed by atoms with Gasteiger partial charge in [0.1, 0.15) is 0 Å². The second-order valence-electron chi connectivity index (χ2n) is 5.03. The SMILES string of the molecule is S=c1[nH]c2cc(Br)cnc2n1C1CCCc2sccc21. The van der Waals surface area contributed by atoms with Gasteiger partial charge in [0.25, 0.3) is 0 Å². The van der Waals surface area contributed by atoms with Gasteiger partial charge in [0.05, 0.1) is 11.6 Å². The largest absolute Gasteiger partial charge is 0.329 e. The Labute approximate surface area is 133 Å². The van der Waals surface area contributed by atoms with Crippen LogP contribution >= 0.6 is 39.5 Å². The number of hydrogen-bond donors (Lipinski definition) is 1. The number of halogens is 1. The van der Waals surface area contributed by atoms with Crippen LogP contribution in [0.15, 0.2) is 28.2 Å². The molecule has 1 N–H and O–H groups in total. The van der Waals surface area contributed by atoms with Gasteiger partial charge in [-0.25, -0.2) is 4.98 Å². The van der Waals surface area contributed by atoms with Crippen LogP contribution in [-0.4, -0.2) is 14.5 Å². The molecule has 6 heteroatoms. The molecule has 3 heterocycles. The fourth-order valence-corrected chi connectivity index (χ4v) is 4.64. The number of nitrogens with one attached hydrogen (secondary N) is 1. The van der Waals surface area contributed by atoms with Gasteiger partial charge in [-0.3, -0.25) is 4.57 Å². The number of pyridine rings is 1. The maximum absolute atomic E-state index is 5.54. The van der Waals surface area contributed by atoms with Crippen LogP contribution in [0.5, 0.6) is 0 Å². The van der Waals surface area contributed by atoms with Crippen molar-refractivity contribution in [3.8, 4) is 0 Å². The molecule has 0 saturated heterocycles. The molecule has 20 heavy (non-hydrogen) atoms. The molecular weight excluding hydrogens is 354 g/mol. The van der Waals surface area contributed by atoms with Gasteiger partial charge >= 0.3 is 0 Å². The zero-order valence-corrected chi connectivity index (χ0v) is 13.8. The third-order valence-electron chi connectivity index (χ3n) is 3.85. The minimum Gasteiger partial charge on any atom is -0.329 e. The highest BCUT2D eigenvalue weighted by atomic mass is 79.9. The number of thiophene rings is 1. The van der Waals surface area contributed by atoms with Crippen LogP contribution in [0.2, 0.25) is 0 Å². The fourth-order valence-electron chi connectivity index (χ4n) is 3.01. The first kappa shape index (κ1) is 12.7. The summed E-state index contributed by atoms with van der Waals surface area (Å²) >= 11 is 10.8. The fraction of sp³-hybridized carbons (Fsp3) is 0.286. The molecule has 0 radical (unpaired) electrons. The summed E-state index contributed by atoms with van der Waals surface area (Å²) in [6, 6.07) is 4.59. The maximum atomic E-state index is 5.54. The monoisotopic (exact) mass is 365 g/mol. The molecule has 4 rings (SSSR count). The Morgan fingerprint density at radius 3 is 3.30 bits per heavy atom. The number of H-pyrrole nitrogens is 1. The first-order valence-electron chi connectivity index (χ1n) is 6.56. The first-order valence-corrected chi connectivity index (χ1v) is 8.64. The molecule has 0 saturated carbocycles.